The number of rotatable bonds is 5. The molecule has 1 aromatic rings. The van der Waals surface area contributed by atoms with Crippen LogP contribution in [0.3, 0.4) is 0 Å². The van der Waals surface area contributed by atoms with E-state index in [1.165, 1.54) is 11.3 Å². The van der Waals surface area contributed by atoms with E-state index in [1.54, 1.807) is 11.3 Å². The van der Waals surface area contributed by atoms with Crippen LogP contribution in [0, 0.1) is 5.92 Å². The van der Waals surface area contributed by atoms with Crippen LogP contribution in [-0.2, 0) is 11.3 Å². The van der Waals surface area contributed by atoms with Crippen molar-refractivity contribution in [2.45, 2.75) is 25.8 Å². The molecule has 0 aliphatic carbocycles. The monoisotopic (exact) mass is 288 g/mol. The smallest absolute Gasteiger partial charge is 0.222 e. The Kier molecular flexibility index (Phi) is 6.68. The van der Waals surface area contributed by atoms with Crippen molar-refractivity contribution in [1.82, 2.24) is 10.2 Å². The minimum Gasteiger partial charge on any atom is -0.341 e. The van der Waals surface area contributed by atoms with Gasteiger partial charge < -0.3 is 10.2 Å². The van der Waals surface area contributed by atoms with Crippen LogP contribution in [0.2, 0.25) is 0 Å². The molecule has 0 spiro atoms. The molecule has 1 saturated heterocycles. The number of carbonyl (C=O) groups excluding carboxylic acids is 1. The average Bonchev–Trinajstić information content (AvgIpc) is 2.98. The molecule has 1 amide bonds. The zero-order valence-corrected chi connectivity index (χ0v) is 12.4. The molecule has 2 heterocycles. The Morgan fingerprint density at radius 3 is 3.06 bits per heavy atom. The van der Waals surface area contributed by atoms with Crippen LogP contribution in [0.1, 0.15) is 24.1 Å². The molecule has 0 saturated carbocycles. The van der Waals surface area contributed by atoms with Crippen LogP contribution in [0.25, 0.3) is 0 Å². The summed E-state index contributed by atoms with van der Waals surface area (Å²) in [5.41, 5.74) is 0. The first-order valence-corrected chi connectivity index (χ1v) is 7.10. The molecule has 1 atom stereocenters. The topological polar surface area (TPSA) is 32.3 Å². The van der Waals surface area contributed by atoms with Crippen molar-refractivity contribution in [2.75, 3.05) is 20.1 Å². The van der Waals surface area contributed by atoms with Crippen molar-refractivity contribution in [1.29, 1.82) is 0 Å². The third kappa shape index (κ3) is 4.59. The standard InChI is InChI=1S/C13H20N2OS.ClH/c1-15(10-12-3-2-8-17-12)13(16)5-4-11-6-7-14-9-11;/h2-3,8,11,14H,4-7,9-10H2,1H3;1H. The molecule has 0 radical (unpaired) electrons. The lowest BCUT2D eigenvalue weighted by Gasteiger charge is -2.17. The van der Waals surface area contributed by atoms with Gasteiger partial charge in [0.1, 0.15) is 0 Å². The molecule has 3 nitrogen and oxygen atoms in total. The summed E-state index contributed by atoms with van der Waals surface area (Å²) >= 11 is 1.71. The van der Waals surface area contributed by atoms with Gasteiger partial charge in [-0.15, -0.1) is 23.7 Å². The number of nitrogens with one attached hydrogen (secondary N) is 1. The number of hydrogen-bond donors (Lipinski definition) is 1. The van der Waals surface area contributed by atoms with Gasteiger partial charge in [-0.1, -0.05) is 6.07 Å². The predicted molar refractivity (Wildman–Crippen MR) is 78.3 cm³/mol. The van der Waals surface area contributed by atoms with Crippen LogP contribution < -0.4 is 5.32 Å². The third-order valence-corrected chi connectivity index (χ3v) is 4.19. The number of thiophene rings is 1. The summed E-state index contributed by atoms with van der Waals surface area (Å²) in [6.45, 7) is 2.95. The summed E-state index contributed by atoms with van der Waals surface area (Å²) in [6, 6.07) is 4.11. The zero-order chi connectivity index (χ0) is 12.1. The van der Waals surface area contributed by atoms with Gasteiger partial charge in [-0.3, -0.25) is 4.79 Å². The van der Waals surface area contributed by atoms with Crippen LogP contribution in [0.5, 0.6) is 0 Å². The fraction of sp³-hybridized carbons (Fsp3) is 0.615. The first-order valence-electron chi connectivity index (χ1n) is 6.23. The van der Waals surface area contributed by atoms with Gasteiger partial charge in [0, 0.05) is 18.3 Å². The molecule has 18 heavy (non-hydrogen) atoms. The molecule has 1 unspecified atom stereocenters. The number of carbonyl (C=O) groups is 1. The number of hydrogen-bond acceptors (Lipinski definition) is 3. The molecule has 0 aromatic carbocycles. The second-order valence-corrected chi connectivity index (χ2v) is 5.76. The second kappa shape index (κ2) is 7.77. The van der Waals surface area contributed by atoms with E-state index >= 15 is 0 Å². The van der Waals surface area contributed by atoms with Gasteiger partial charge in [0.2, 0.25) is 5.91 Å². The van der Waals surface area contributed by atoms with E-state index in [0.717, 1.165) is 26.1 Å². The highest BCUT2D eigenvalue weighted by Crippen LogP contribution is 2.16. The SMILES string of the molecule is CN(Cc1cccs1)C(=O)CCC1CCNC1.Cl. The van der Waals surface area contributed by atoms with Crippen molar-refractivity contribution in [3.63, 3.8) is 0 Å². The molecule has 1 aliphatic rings. The zero-order valence-electron chi connectivity index (χ0n) is 10.7. The van der Waals surface area contributed by atoms with E-state index in [4.69, 9.17) is 0 Å². The molecular formula is C13H21ClN2OS. The summed E-state index contributed by atoms with van der Waals surface area (Å²) in [4.78, 5) is 15.0. The third-order valence-electron chi connectivity index (χ3n) is 3.33. The summed E-state index contributed by atoms with van der Waals surface area (Å²) < 4.78 is 0. The van der Waals surface area contributed by atoms with Crippen molar-refractivity contribution in [3.05, 3.63) is 22.4 Å². The van der Waals surface area contributed by atoms with Crippen LogP contribution in [0.15, 0.2) is 17.5 Å². The highest BCUT2D eigenvalue weighted by molar-refractivity contribution is 7.09. The first-order chi connectivity index (χ1) is 8.25. The summed E-state index contributed by atoms with van der Waals surface area (Å²) in [7, 11) is 1.90. The maximum Gasteiger partial charge on any atom is 0.222 e. The highest BCUT2D eigenvalue weighted by Gasteiger charge is 2.17. The number of halogens is 1. The average molecular weight is 289 g/mol. The van der Waals surface area contributed by atoms with E-state index in [9.17, 15) is 4.79 Å². The Morgan fingerprint density at radius 2 is 2.44 bits per heavy atom. The summed E-state index contributed by atoms with van der Waals surface area (Å²) in [5, 5.41) is 5.39. The highest BCUT2D eigenvalue weighted by atomic mass is 35.5. The van der Waals surface area contributed by atoms with Crippen molar-refractivity contribution < 1.29 is 4.79 Å². The van der Waals surface area contributed by atoms with Gasteiger partial charge in [0.05, 0.1) is 6.54 Å². The van der Waals surface area contributed by atoms with Crippen LogP contribution in [-0.4, -0.2) is 30.9 Å². The largest absolute Gasteiger partial charge is 0.341 e. The number of amides is 1. The molecule has 5 heteroatoms. The van der Waals surface area contributed by atoms with Gasteiger partial charge >= 0.3 is 0 Å². The molecule has 1 fully saturated rings. The molecule has 102 valence electrons. The molecule has 1 N–H and O–H groups in total. The summed E-state index contributed by atoms with van der Waals surface area (Å²) in [6.07, 6.45) is 2.94. The maximum absolute atomic E-state index is 11.9. The maximum atomic E-state index is 11.9. The molecule has 2 rings (SSSR count). The number of nitrogens with zero attached hydrogens (tertiary/aromatic N) is 1. The Bertz CT molecular complexity index is 350. The molecule has 1 aromatic heterocycles. The van der Waals surface area contributed by atoms with E-state index in [2.05, 4.69) is 16.8 Å². The van der Waals surface area contributed by atoms with Crippen LogP contribution >= 0.6 is 23.7 Å². The second-order valence-electron chi connectivity index (χ2n) is 4.73. The van der Waals surface area contributed by atoms with E-state index in [0.29, 0.717) is 12.3 Å². The summed E-state index contributed by atoms with van der Waals surface area (Å²) in [5.74, 6) is 0.972. The minimum atomic E-state index is 0. The minimum absolute atomic E-state index is 0. The molecule has 1 aliphatic heterocycles. The van der Waals surface area contributed by atoms with E-state index < -0.39 is 0 Å². The fourth-order valence-corrected chi connectivity index (χ4v) is 2.96. The molecule has 0 bridgehead atoms. The lowest BCUT2D eigenvalue weighted by molar-refractivity contribution is -0.130. The Balaban J connectivity index is 0.00000162. The van der Waals surface area contributed by atoms with E-state index in [1.807, 2.05) is 18.0 Å². The molecular weight excluding hydrogens is 268 g/mol. The van der Waals surface area contributed by atoms with Gasteiger partial charge in [0.15, 0.2) is 0 Å². The lowest BCUT2D eigenvalue weighted by Crippen LogP contribution is -2.26. The van der Waals surface area contributed by atoms with Crippen LogP contribution in [0.4, 0.5) is 0 Å². The van der Waals surface area contributed by atoms with Gasteiger partial charge in [-0.25, -0.2) is 0 Å². The van der Waals surface area contributed by atoms with Crippen molar-refractivity contribution in [2.24, 2.45) is 5.92 Å². The van der Waals surface area contributed by atoms with Crippen molar-refractivity contribution in [3.8, 4) is 0 Å². The van der Waals surface area contributed by atoms with Crippen molar-refractivity contribution >= 4 is 29.7 Å². The fourth-order valence-electron chi connectivity index (χ4n) is 2.20. The first kappa shape index (κ1) is 15.5. The van der Waals surface area contributed by atoms with Gasteiger partial charge in [0.25, 0.3) is 0 Å². The lowest BCUT2D eigenvalue weighted by atomic mass is 10.0. The Labute approximate surface area is 119 Å². The van der Waals surface area contributed by atoms with Gasteiger partial charge in [-0.05, 0) is 43.3 Å². The Hall–Kier alpha value is -0.580. The quantitative estimate of drug-likeness (QED) is 0.903. The normalized spacial score (nSPS) is 18.4. The Morgan fingerprint density at radius 1 is 1.61 bits per heavy atom. The van der Waals surface area contributed by atoms with E-state index in [-0.39, 0.29) is 18.3 Å². The predicted octanol–water partition coefficient (Wildman–Crippen LogP) is 2.52. The van der Waals surface area contributed by atoms with Gasteiger partial charge in [-0.2, -0.15) is 0 Å².